The highest BCUT2D eigenvalue weighted by atomic mass is 32.2. The smallest absolute Gasteiger partial charge is 0.272 e. The van der Waals surface area contributed by atoms with Gasteiger partial charge < -0.3 is 20.9 Å². The molecule has 4 aromatic rings. The van der Waals surface area contributed by atoms with Crippen LogP contribution in [0.15, 0.2) is 76.8 Å². The highest BCUT2D eigenvalue weighted by Gasteiger charge is 2.31. The molecule has 41 heavy (non-hydrogen) atoms. The Morgan fingerprint density at radius 2 is 1.78 bits per heavy atom. The lowest BCUT2D eigenvalue weighted by atomic mass is 10.1. The number of hydrogen-bond acceptors (Lipinski definition) is 9. The van der Waals surface area contributed by atoms with Crippen LogP contribution >= 0.6 is 11.3 Å². The van der Waals surface area contributed by atoms with Gasteiger partial charge in [0.05, 0.1) is 27.6 Å². The molecule has 0 atom stereocenters. The van der Waals surface area contributed by atoms with Crippen LogP contribution in [-0.2, 0) is 16.4 Å². The molecule has 0 bridgehead atoms. The van der Waals surface area contributed by atoms with Crippen molar-refractivity contribution >= 4 is 44.6 Å². The van der Waals surface area contributed by atoms with Gasteiger partial charge in [0, 0.05) is 54.6 Å². The number of nitrogens with zero attached hydrogens (tertiary/aromatic N) is 3. The number of anilines is 1. The van der Waals surface area contributed by atoms with E-state index in [1.54, 1.807) is 41.6 Å². The number of sulfone groups is 1. The number of carbonyl (C=O) groups is 3. The van der Waals surface area contributed by atoms with Crippen molar-refractivity contribution in [2.75, 3.05) is 31.5 Å². The van der Waals surface area contributed by atoms with Crippen molar-refractivity contribution < 1.29 is 22.8 Å². The molecule has 3 N–H and O–H groups in total. The van der Waals surface area contributed by atoms with Crippen molar-refractivity contribution in [3.8, 4) is 10.6 Å². The Kier molecular flexibility index (Phi) is 7.07. The van der Waals surface area contributed by atoms with E-state index < -0.39 is 21.7 Å². The van der Waals surface area contributed by atoms with E-state index in [0.29, 0.717) is 23.8 Å². The van der Waals surface area contributed by atoms with Crippen LogP contribution in [0.2, 0.25) is 0 Å². The Morgan fingerprint density at radius 3 is 2.56 bits per heavy atom. The maximum Gasteiger partial charge on any atom is 0.272 e. The van der Waals surface area contributed by atoms with Crippen LogP contribution in [0.3, 0.4) is 0 Å². The molecule has 2 aromatic carbocycles. The first-order chi connectivity index (χ1) is 19.8. The van der Waals surface area contributed by atoms with E-state index in [-0.39, 0.29) is 39.1 Å². The van der Waals surface area contributed by atoms with Crippen LogP contribution < -0.4 is 16.0 Å². The number of nitrogens with one attached hydrogen (secondary N) is 3. The number of amides is 3. The number of aromatic nitrogens is 2. The molecule has 208 valence electrons. The van der Waals surface area contributed by atoms with Gasteiger partial charge in [-0.1, -0.05) is 12.1 Å². The molecule has 1 saturated heterocycles. The predicted octanol–water partition coefficient (Wildman–Crippen LogP) is 2.58. The number of hydrogen-bond donors (Lipinski definition) is 3. The van der Waals surface area contributed by atoms with Crippen molar-refractivity contribution in [3.05, 3.63) is 88.7 Å². The number of pyridine rings is 1. The molecule has 0 radical (unpaired) electrons. The zero-order chi connectivity index (χ0) is 28.6. The molecule has 1 fully saturated rings. The number of rotatable bonds is 5. The highest BCUT2D eigenvalue weighted by molar-refractivity contribution is 7.91. The van der Waals surface area contributed by atoms with Gasteiger partial charge >= 0.3 is 0 Å². The molecule has 2 aliphatic rings. The maximum atomic E-state index is 13.2. The minimum absolute atomic E-state index is 0.0466. The van der Waals surface area contributed by atoms with Gasteiger partial charge in [0.25, 0.3) is 17.7 Å². The van der Waals surface area contributed by atoms with Gasteiger partial charge in [-0.2, -0.15) is 0 Å². The van der Waals surface area contributed by atoms with Gasteiger partial charge in [-0.3, -0.25) is 19.4 Å². The van der Waals surface area contributed by atoms with E-state index in [4.69, 9.17) is 0 Å². The summed E-state index contributed by atoms with van der Waals surface area (Å²) in [6.07, 6.45) is 3.27. The molecule has 0 aliphatic carbocycles. The molecule has 3 amide bonds. The Labute approximate surface area is 239 Å². The van der Waals surface area contributed by atoms with Crippen molar-refractivity contribution in [1.82, 2.24) is 25.5 Å². The van der Waals surface area contributed by atoms with E-state index in [9.17, 15) is 22.8 Å². The first-order valence-corrected chi connectivity index (χ1v) is 15.1. The number of carbonyl (C=O) groups excluding carboxylic acids is 3. The van der Waals surface area contributed by atoms with Crippen molar-refractivity contribution in [2.24, 2.45) is 0 Å². The molecule has 2 aromatic heterocycles. The minimum atomic E-state index is -3.96. The summed E-state index contributed by atoms with van der Waals surface area (Å²) in [6, 6.07) is 13.6. The Bertz CT molecular complexity index is 1780. The summed E-state index contributed by atoms with van der Waals surface area (Å²) in [5.74, 6) is -1.10. The van der Waals surface area contributed by atoms with Crippen molar-refractivity contribution in [3.63, 3.8) is 0 Å². The molecule has 4 heterocycles. The standard InChI is InChI=1S/C28H24N6O5S2/c35-25(17-6-8-24-22(13-17)33-26(36)20-3-1-2-4-23(20)41(24,38)39)31-15-19-16-32-27(40-19)18-5-7-21(30-14-18)28(37)34-11-9-29-10-12-34/h1-8,13-14,16,29H,9-12,15H2,(H,31,35)(H,33,36). The van der Waals surface area contributed by atoms with Gasteiger partial charge in [-0.05, 0) is 42.5 Å². The first-order valence-electron chi connectivity index (χ1n) is 12.8. The van der Waals surface area contributed by atoms with Crippen molar-refractivity contribution in [1.29, 1.82) is 0 Å². The quantitative estimate of drug-likeness (QED) is 0.322. The summed E-state index contributed by atoms with van der Waals surface area (Å²) in [6.45, 7) is 3.02. The zero-order valence-corrected chi connectivity index (χ0v) is 23.2. The second-order valence-corrected chi connectivity index (χ2v) is 12.5. The number of piperazine rings is 1. The van der Waals surface area contributed by atoms with E-state index >= 15 is 0 Å². The second kappa shape index (κ2) is 10.8. The summed E-state index contributed by atoms with van der Waals surface area (Å²) in [4.78, 5) is 49.4. The van der Waals surface area contributed by atoms with Gasteiger partial charge in [0.1, 0.15) is 10.7 Å². The summed E-state index contributed by atoms with van der Waals surface area (Å²) < 4.78 is 26.3. The molecule has 0 saturated carbocycles. The topological polar surface area (TPSA) is 150 Å². The van der Waals surface area contributed by atoms with E-state index in [1.807, 2.05) is 0 Å². The average molecular weight is 589 g/mol. The monoisotopic (exact) mass is 588 g/mol. The number of fused-ring (bicyclic) bond motifs is 2. The number of benzene rings is 2. The van der Waals surface area contributed by atoms with E-state index in [0.717, 1.165) is 23.5 Å². The third kappa shape index (κ3) is 5.22. The van der Waals surface area contributed by atoms with Crippen LogP contribution in [0.25, 0.3) is 10.6 Å². The number of thiazole rings is 1. The van der Waals surface area contributed by atoms with Gasteiger partial charge in [-0.15, -0.1) is 11.3 Å². The molecule has 2 aliphatic heterocycles. The molecule has 0 unspecified atom stereocenters. The van der Waals surface area contributed by atoms with Crippen molar-refractivity contribution in [2.45, 2.75) is 16.3 Å². The highest BCUT2D eigenvalue weighted by Crippen LogP contribution is 2.34. The Balaban J connectivity index is 1.13. The summed E-state index contributed by atoms with van der Waals surface area (Å²) >= 11 is 1.38. The Hall–Kier alpha value is -4.46. The lowest BCUT2D eigenvalue weighted by molar-refractivity contribution is 0.0729. The van der Waals surface area contributed by atoms with Gasteiger partial charge in [-0.25, -0.2) is 13.4 Å². The largest absolute Gasteiger partial charge is 0.347 e. The normalized spacial score (nSPS) is 15.7. The molecule has 11 nitrogen and oxygen atoms in total. The molecular weight excluding hydrogens is 564 g/mol. The van der Waals surface area contributed by atoms with E-state index in [1.165, 1.54) is 41.7 Å². The van der Waals surface area contributed by atoms with Crippen LogP contribution in [0.4, 0.5) is 5.69 Å². The van der Waals surface area contributed by atoms with Crippen LogP contribution in [0.5, 0.6) is 0 Å². The van der Waals surface area contributed by atoms with Gasteiger partial charge in [0.2, 0.25) is 9.84 Å². The molecule has 6 rings (SSSR count). The van der Waals surface area contributed by atoms with Gasteiger partial charge in [0.15, 0.2) is 0 Å². The lowest BCUT2D eigenvalue weighted by Crippen LogP contribution is -2.46. The maximum absolute atomic E-state index is 13.2. The third-order valence-electron chi connectivity index (χ3n) is 6.81. The zero-order valence-electron chi connectivity index (χ0n) is 21.6. The Morgan fingerprint density at radius 1 is 0.976 bits per heavy atom. The summed E-state index contributed by atoms with van der Waals surface area (Å²) in [5.41, 5.74) is 1.43. The fraction of sp³-hybridized carbons (Fsp3) is 0.179. The predicted molar refractivity (Wildman–Crippen MR) is 152 cm³/mol. The average Bonchev–Trinajstić information content (AvgIpc) is 3.46. The fourth-order valence-electron chi connectivity index (χ4n) is 4.67. The minimum Gasteiger partial charge on any atom is -0.347 e. The second-order valence-electron chi connectivity index (χ2n) is 9.45. The first kappa shape index (κ1) is 26.7. The summed E-state index contributed by atoms with van der Waals surface area (Å²) in [5, 5.41) is 9.34. The molecular formula is C28H24N6O5S2. The lowest BCUT2D eigenvalue weighted by Gasteiger charge is -2.27. The summed E-state index contributed by atoms with van der Waals surface area (Å²) in [7, 11) is -3.96. The third-order valence-corrected chi connectivity index (χ3v) is 9.73. The molecule has 0 spiro atoms. The van der Waals surface area contributed by atoms with Crippen LogP contribution in [0, 0.1) is 0 Å². The van der Waals surface area contributed by atoms with Crippen LogP contribution in [-0.4, -0.2) is 67.2 Å². The van der Waals surface area contributed by atoms with E-state index in [2.05, 4.69) is 25.9 Å². The van der Waals surface area contributed by atoms with Crippen LogP contribution in [0.1, 0.15) is 36.1 Å². The molecule has 13 heteroatoms. The fourth-order valence-corrected chi connectivity index (χ4v) is 7.10. The SMILES string of the molecule is O=C(NCc1cnc(-c2ccc(C(=O)N3CCNCC3)nc2)s1)c1ccc2c(c1)NC(=O)c1ccccc1S2(=O)=O.